The van der Waals surface area contributed by atoms with Gasteiger partial charge in [0.15, 0.2) is 0 Å². The number of rotatable bonds is 14. The molecule has 0 heterocycles. The fraction of sp³-hybridized carbons (Fsp3) is 0.929. The van der Waals surface area contributed by atoms with Crippen LogP contribution >= 0.6 is 0 Å². The first-order valence-corrected chi connectivity index (χ1v) is 9.27. The van der Waals surface area contributed by atoms with E-state index in [2.05, 4.69) is 11.6 Å². The van der Waals surface area contributed by atoms with E-state index in [9.17, 15) is 13.2 Å². The third-order valence-electron chi connectivity index (χ3n) is 3.37. The van der Waals surface area contributed by atoms with Gasteiger partial charge in [0, 0.05) is 20.1 Å². The SMILES string of the molecule is CCCCCCCCCCNS(=O)(=O)N(C)CCC(=O)O. The number of unbranched alkanes of at least 4 members (excludes halogenated alkanes) is 7. The van der Waals surface area contributed by atoms with Crippen LogP contribution < -0.4 is 4.72 Å². The summed E-state index contributed by atoms with van der Waals surface area (Å²) in [6.07, 6.45) is 9.10. The Morgan fingerprint density at radius 1 is 1.05 bits per heavy atom. The second-order valence-electron chi connectivity index (χ2n) is 5.34. The van der Waals surface area contributed by atoms with Crippen LogP contribution in [-0.4, -0.2) is 43.9 Å². The topological polar surface area (TPSA) is 86.7 Å². The highest BCUT2D eigenvalue weighted by Gasteiger charge is 2.17. The molecule has 21 heavy (non-hydrogen) atoms. The van der Waals surface area contributed by atoms with Crippen molar-refractivity contribution in [3.63, 3.8) is 0 Å². The summed E-state index contributed by atoms with van der Waals surface area (Å²) in [5.74, 6) is -1.000. The van der Waals surface area contributed by atoms with Crippen molar-refractivity contribution < 1.29 is 18.3 Å². The second kappa shape index (κ2) is 11.9. The van der Waals surface area contributed by atoms with Crippen LogP contribution in [0.15, 0.2) is 0 Å². The van der Waals surface area contributed by atoms with Gasteiger partial charge >= 0.3 is 5.97 Å². The van der Waals surface area contributed by atoms with E-state index in [0.29, 0.717) is 6.54 Å². The maximum Gasteiger partial charge on any atom is 0.304 e. The molecular formula is C14H30N2O4S. The molecule has 0 atom stereocenters. The van der Waals surface area contributed by atoms with Gasteiger partial charge in [0.05, 0.1) is 6.42 Å². The minimum absolute atomic E-state index is 0.0118. The summed E-state index contributed by atoms with van der Waals surface area (Å²) in [7, 11) is -2.15. The van der Waals surface area contributed by atoms with Crippen LogP contribution in [-0.2, 0) is 15.0 Å². The highest BCUT2D eigenvalue weighted by molar-refractivity contribution is 7.87. The molecule has 0 amide bonds. The van der Waals surface area contributed by atoms with Gasteiger partial charge in [-0.3, -0.25) is 4.79 Å². The highest BCUT2D eigenvalue weighted by atomic mass is 32.2. The van der Waals surface area contributed by atoms with Crippen molar-refractivity contribution in [3.05, 3.63) is 0 Å². The van der Waals surface area contributed by atoms with E-state index in [1.54, 1.807) is 0 Å². The van der Waals surface area contributed by atoms with Crippen LogP contribution in [0, 0.1) is 0 Å². The van der Waals surface area contributed by atoms with Gasteiger partial charge in [-0.05, 0) is 6.42 Å². The minimum atomic E-state index is -3.54. The molecule has 0 fully saturated rings. The first-order chi connectivity index (χ1) is 9.90. The van der Waals surface area contributed by atoms with Gasteiger partial charge in [-0.1, -0.05) is 51.9 Å². The number of hydrogen-bond acceptors (Lipinski definition) is 3. The fourth-order valence-corrected chi connectivity index (χ4v) is 2.90. The number of nitrogens with one attached hydrogen (secondary N) is 1. The Labute approximate surface area is 129 Å². The van der Waals surface area contributed by atoms with Gasteiger partial charge in [0.2, 0.25) is 0 Å². The molecule has 2 N–H and O–H groups in total. The average Bonchev–Trinajstić information content (AvgIpc) is 2.42. The van der Waals surface area contributed by atoms with E-state index in [4.69, 9.17) is 5.11 Å². The summed E-state index contributed by atoms with van der Waals surface area (Å²) in [6, 6.07) is 0. The van der Waals surface area contributed by atoms with Crippen molar-refractivity contribution in [2.24, 2.45) is 0 Å². The third-order valence-corrected chi connectivity index (χ3v) is 4.94. The number of carbonyl (C=O) groups is 1. The summed E-state index contributed by atoms with van der Waals surface area (Å²) in [6.45, 7) is 2.59. The smallest absolute Gasteiger partial charge is 0.304 e. The zero-order valence-electron chi connectivity index (χ0n) is 13.3. The molecule has 0 aliphatic heterocycles. The van der Waals surface area contributed by atoms with Crippen molar-refractivity contribution in [2.45, 2.75) is 64.7 Å². The standard InChI is InChI=1S/C14H30N2O4S/c1-3-4-5-6-7-8-9-10-12-15-21(19,20)16(2)13-11-14(17)18/h15H,3-13H2,1-2H3,(H,17,18). The van der Waals surface area contributed by atoms with Crippen molar-refractivity contribution in [2.75, 3.05) is 20.1 Å². The first-order valence-electron chi connectivity index (χ1n) is 7.83. The summed E-state index contributed by atoms with van der Waals surface area (Å²) >= 11 is 0. The van der Waals surface area contributed by atoms with Crippen LogP contribution in [0.5, 0.6) is 0 Å². The van der Waals surface area contributed by atoms with Crippen molar-refractivity contribution >= 4 is 16.2 Å². The molecule has 126 valence electrons. The largest absolute Gasteiger partial charge is 0.481 e. The van der Waals surface area contributed by atoms with Crippen LogP contribution in [0.1, 0.15) is 64.7 Å². The molecule has 0 bridgehead atoms. The Kier molecular flexibility index (Phi) is 11.6. The molecule has 0 rings (SSSR count). The molecule has 0 aliphatic rings. The molecule has 0 radical (unpaired) electrons. The Bertz CT molecular complexity index is 371. The third kappa shape index (κ3) is 11.7. The van der Waals surface area contributed by atoms with Crippen molar-refractivity contribution in [3.8, 4) is 0 Å². The van der Waals surface area contributed by atoms with Gasteiger partial charge in [0.25, 0.3) is 10.2 Å². The molecular weight excluding hydrogens is 292 g/mol. The van der Waals surface area contributed by atoms with E-state index >= 15 is 0 Å². The number of carboxylic acid groups (broad SMARTS) is 1. The molecule has 0 spiro atoms. The van der Waals surface area contributed by atoms with Crippen LogP contribution in [0.3, 0.4) is 0 Å². The predicted octanol–water partition coefficient (Wildman–Crippen LogP) is 2.37. The Balaban J connectivity index is 3.63. The van der Waals surface area contributed by atoms with Crippen LogP contribution in [0.25, 0.3) is 0 Å². The van der Waals surface area contributed by atoms with Crippen LogP contribution in [0.4, 0.5) is 0 Å². The van der Waals surface area contributed by atoms with Gasteiger partial charge < -0.3 is 5.11 Å². The lowest BCUT2D eigenvalue weighted by Crippen LogP contribution is -2.39. The second-order valence-corrected chi connectivity index (χ2v) is 7.20. The Hall–Kier alpha value is -0.660. The number of carboxylic acids is 1. The minimum Gasteiger partial charge on any atom is -0.481 e. The van der Waals surface area contributed by atoms with E-state index in [1.165, 1.54) is 39.2 Å². The molecule has 6 nitrogen and oxygen atoms in total. The van der Waals surface area contributed by atoms with Gasteiger partial charge in [-0.15, -0.1) is 0 Å². The highest BCUT2D eigenvalue weighted by Crippen LogP contribution is 2.08. The number of hydrogen-bond donors (Lipinski definition) is 2. The monoisotopic (exact) mass is 322 g/mol. The van der Waals surface area contributed by atoms with E-state index in [-0.39, 0.29) is 13.0 Å². The van der Waals surface area contributed by atoms with Crippen LogP contribution in [0.2, 0.25) is 0 Å². The molecule has 0 aromatic rings. The number of aliphatic carboxylic acids is 1. The zero-order chi connectivity index (χ0) is 16.1. The summed E-state index contributed by atoms with van der Waals surface area (Å²) < 4.78 is 27.1. The van der Waals surface area contributed by atoms with Gasteiger partial charge in [0.1, 0.15) is 0 Å². The lowest BCUT2D eigenvalue weighted by atomic mass is 10.1. The molecule has 0 aromatic heterocycles. The van der Waals surface area contributed by atoms with Crippen molar-refractivity contribution in [1.82, 2.24) is 9.03 Å². The Morgan fingerprint density at radius 2 is 1.57 bits per heavy atom. The predicted molar refractivity (Wildman–Crippen MR) is 84.4 cm³/mol. The first kappa shape index (κ1) is 20.3. The maximum atomic E-state index is 11.8. The molecule has 0 unspecified atom stereocenters. The molecule has 0 saturated carbocycles. The molecule has 0 aromatic carbocycles. The lowest BCUT2D eigenvalue weighted by Gasteiger charge is -2.16. The molecule has 7 heteroatoms. The maximum absolute atomic E-state index is 11.8. The lowest BCUT2D eigenvalue weighted by molar-refractivity contribution is -0.137. The van der Waals surface area contributed by atoms with E-state index in [1.807, 2.05) is 0 Å². The quantitative estimate of drug-likeness (QED) is 0.481. The summed E-state index contributed by atoms with van der Waals surface area (Å²) in [4.78, 5) is 10.4. The summed E-state index contributed by atoms with van der Waals surface area (Å²) in [5.41, 5.74) is 0. The Morgan fingerprint density at radius 3 is 2.10 bits per heavy atom. The molecule has 0 aliphatic carbocycles. The molecule has 0 saturated heterocycles. The summed E-state index contributed by atoms with van der Waals surface area (Å²) in [5, 5.41) is 8.54. The van der Waals surface area contributed by atoms with Gasteiger partial charge in [-0.25, -0.2) is 4.72 Å². The number of nitrogens with zero attached hydrogens (tertiary/aromatic N) is 1. The fourth-order valence-electron chi connectivity index (χ4n) is 1.94. The van der Waals surface area contributed by atoms with Gasteiger partial charge in [-0.2, -0.15) is 12.7 Å². The zero-order valence-corrected chi connectivity index (χ0v) is 14.1. The van der Waals surface area contributed by atoms with E-state index in [0.717, 1.165) is 23.6 Å². The van der Waals surface area contributed by atoms with E-state index < -0.39 is 16.2 Å². The average molecular weight is 322 g/mol. The van der Waals surface area contributed by atoms with Crippen molar-refractivity contribution in [1.29, 1.82) is 0 Å². The normalized spacial score (nSPS) is 12.0.